The Balaban J connectivity index is 1.43. The van der Waals surface area contributed by atoms with E-state index in [1.807, 2.05) is 24.0 Å². The molecule has 2 aromatic carbocycles. The van der Waals surface area contributed by atoms with Gasteiger partial charge in [-0.2, -0.15) is 13.2 Å². The zero-order chi connectivity index (χ0) is 21.7. The van der Waals surface area contributed by atoms with Gasteiger partial charge >= 0.3 is 6.18 Å². The van der Waals surface area contributed by atoms with Crippen LogP contribution in [0.1, 0.15) is 24.2 Å². The van der Waals surface area contributed by atoms with Gasteiger partial charge in [-0.05, 0) is 42.8 Å². The number of hydrogen-bond acceptors (Lipinski definition) is 4. The van der Waals surface area contributed by atoms with Crippen LogP contribution >= 0.6 is 11.6 Å². The van der Waals surface area contributed by atoms with Gasteiger partial charge in [0.2, 0.25) is 0 Å². The Hall–Kier alpha value is -1.80. The molecule has 0 aromatic heterocycles. The maximum absolute atomic E-state index is 12.9. The molecule has 1 N–H and O–H groups in total. The Morgan fingerprint density at radius 3 is 2.37 bits per heavy atom. The minimum Gasteiger partial charge on any atom is -0.389 e. The molecule has 1 saturated heterocycles. The van der Waals surface area contributed by atoms with Crippen LogP contribution in [0.3, 0.4) is 0 Å². The Bertz CT molecular complexity index is 809. The molecule has 0 spiro atoms. The Kier molecular flexibility index (Phi) is 7.63. The molecule has 0 unspecified atom stereocenters. The van der Waals surface area contributed by atoms with E-state index < -0.39 is 17.8 Å². The van der Waals surface area contributed by atoms with E-state index in [2.05, 4.69) is 4.90 Å². The summed E-state index contributed by atoms with van der Waals surface area (Å²) < 4.78 is 44.5. The summed E-state index contributed by atoms with van der Waals surface area (Å²) in [7, 11) is 0. The number of piperazine rings is 1. The van der Waals surface area contributed by atoms with Crippen molar-refractivity contribution in [3.63, 3.8) is 0 Å². The number of rotatable bonds is 7. The van der Waals surface area contributed by atoms with Crippen LogP contribution in [-0.2, 0) is 10.9 Å². The molecule has 0 radical (unpaired) electrons. The van der Waals surface area contributed by atoms with E-state index in [9.17, 15) is 18.3 Å². The van der Waals surface area contributed by atoms with Crippen molar-refractivity contribution in [3.8, 4) is 0 Å². The normalized spacial score (nSPS) is 17.7. The van der Waals surface area contributed by atoms with Gasteiger partial charge in [0.05, 0.1) is 24.4 Å². The van der Waals surface area contributed by atoms with Crippen LogP contribution in [-0.4, -0.2) is 55.4 Å². The number of nitrogens with zero attached hydrogens (tertiary/aromatic N) is 2. The third kappa shape index (κ3) is 6.35. The van der Waals surface area contributed by atoms with Gasteiger partial charge in [0.15, 0.2) is 0 Å². The highest BCUT2D eigenvalue weighted by molar-refractivity contribution is 6.30. The summed E-state index contributed by atoms with van der Waals surface area (Å²) in [6.07, 6.45) is -5.14. The van der Waals surface area contributed by atoms with E-state index in [-0.39, 0.29) is 12.7 Å². The number of halogens is 4. The summed E-state index contributed by atoms with van der Waals surface area (Å²) in [5.41, 5.74) is 0.927. The molecule has 0 amide bonds. The number of ether oxygens (including phenoxy) is 1. The molecule has 0 aliphatic carbocycles. The van der Waals surface area contributed by atoms with Crippen LogP contribution in [0.4, 0.5) is 18.9 Å². The summed E-state index contributed by atoms with van der Waals surface area (Å²) in [6.45, 7) is 5.14. The summed E-state index contributed by atoms with van der Waals surface area (Å²) in [5.74, 6) is 0. The summed E-state index contributed by atoms with van der Waals surface area (Å²) in [5, 5.41) is 11.0. The van der Waals surface area contributed by atoms with Gasteiger partial charge in [-0.3, -0.25) is 4.90 Å². The second-order valence-electron chi connectivity index (χ2n) is 7.52. The van der Waals surface area contributed by atoms with Crippen LogP contribution in [0.15, 0.2) is 48.5 Å². The van der Waals surface area contributed by atoms with Crippen LogP contribution in [0.5, 0.6) is 0 Å². The summed E-state index contributed by atoms with van der Waals surface area (Å²) in [4.78, 5) is 4.04. The van der Waals surface area contributed by atoms with Crippen LogP contribution in [0.2, 0.25) is 5.02 Å². The molecule has 1 aliphatic heterocycles. The van der Waals surface area contributed by atoms with Gasteiger partial charge < -0.3 is 14.7 Å². The molecule has 30 heavy (non-hydrogen) atoms. The smallest absolute Gasteiger partial charge is 0.389 e. The predicted octanol–water partition coefficient (Wildman–Crippen LogP) is 4.62. The van der Waals surface area contributed by atoms with Gasteiger partial charge in [-0.15, -0.1) is 0 Å². The van der Waals surface area contributed by atoms with Crippen molar-refractivity contribution in [2.24, 2.45) is 0 Å². The first kappa shape index (κ1) is 22.9. The molecule has 4 nitrogen and oxygen atoms in total. The van der Waals surface area contributed by atoms with Crippen molar-refractivity contribution >= 4 is 17.3 Å². The number of β-amino-alcohol motifs (C(OH)–C–C–N with tert-alkyl or cyclic N) is 1. The van der Waals surface area contributed by atoms with E-state index in [0.717, 1.165) is 11.6 Å². The van der Waals surface area contributed by atoms with Gasteiger partial charge in [-0.25, -0.2) is 0 Å². The Labute approximate surface area is 179 Å². The molecule has 2 atom stereocenters. The van der Waals surface area contributed by atoms with E-state index in [1.54, 1.807) is 18.2 Å². The molecule has 1 aliphatic rings. The monoisotopic (exact) mass is 442 g/mol. The quantitative estimate of drug-likeness (QED) is 0.678. The topological polar surface area (TPSA) is 35.9 Å². The van der Waals surface area contributed by atoms with Gasteiger partial charge in [0.1, 0.15) is 0 Å². The molecule has 1 heterocycles. The first-order valence-electron chi connectivity index (χ1n) is 9.92. The van der Waals surface area contributed by atoms with Crippen molar-refractivity contribution in [3.05, 3.63) is 64.7 Å². The minimum absolute atomic E-state index is 0.158. The number of hydrogen-bond donors (Lipinski definition) is 1. The highest BCUT2D eigenvalue weighted by atomic mass is 35.5. The van der Waals surface area contributed by atoms with Crippen molar-refractivity contribution < 1.29 is 23.0 Å². The minimum atomic E-state index is -4.34. The predicted molar refractivity (Wildman–Crippen MR) is 112 cm³/mol. The third-order valence-electron chi connectivity index (χ3n) is 5.26. The first-order valence-corrected chi connectivity index (χ1v) is 10.3. The summed E-state index contributed by atoms with van der Waals surface area (Å²) in [6, 6.07) is 12.8. The zero-order valence-electron chi connectivity index (χ0n) is 16.8. The number of anilines is 1. The average molecular weight is 443 g/mol. The number of benzene rings is 2. The Morgan fingerprint density at radius 2 is 1.73 bits per heavy atom. The lowest BCUT2D eigenvalue weighted by Gasteiger charge is -2.37. The van der Waals surface area contributed by atoms with Crippen molar-refractivity contribution in [1.82, 2.24) is 4.90 Å². The van der Waals surface area contributed by atoms with Gasteiger partial charge in [0, 0.05) is 43.4 Å². The zero-order valence-corrected chi connectivity index (χ0v) is 17.5. The lowest BCUT2D eigenvalue weighted by molar-refractivity contribution is -0.137. The molecule has 8 heteroatoms. The largest absolute Gasteiger partial charge is 0.416 e. The molecular formula is C22H26ClF3N2O2. The fourth-order valence-electron chi connectivity index (χ4n) is 3.50. The fraction of sp³-hybridized carbons (Fsp3) is 0.455. The second kappa shape index (κ2) is 10.0. The first-order chi connectivity index (χ1) is 14.2. The molecule has 164 valence electrons. The lowest BCUT2D eigenvalue weighted by Crippen LogP contribution is -2.49. The van der Waals surface area contributed by atoms with Crippen LogP contribution in [0, 0.1) is 0 Å². The standard InChI is InChI=1S/C22H26ClF3N2O2/c1-16(17-5-7-19(23)8-6-17)30-15-21(29)14-27-9-11-28(12-10-27)20-4-2-3-18(13-20)22(24,25)26/h2-8,13,16,21,29H,9-12,14-15H2,1H3/t16-,21-/m0/s1. The second-order valence-corrected chi connectivity index (χ2v) is 7.95. The Morgan fingerprint density at radius 1 is 1.07 bits per heavy atom. The van der Waals surface area contributed by atoms with E-state index in [1.165, 1.54) is 12.1 Å². The van der Waals surface area contributed by atoms with E-state index in [0.29, 0.717) is 43.4 Å². The maximum Gasteiger partial charge on any atom is 0.416 e. The molecular weight excluding hydrogens is 417 g/mol. The van der Waals surface area contributed by atoms with E-state index in [4.69, 9.17) is 16.3 Å². The summed E-state index contributed by atoms with van der Waals surface area (Å²) >= 11 is 5.89. The number of alkyl halides is 3. The fourth-order valence-corrected chi connectivity index (χ4v) is 3.63. The van der Waals surface area contributed by atoms with Crippen molar-refractivity contribution in [1.29, 1.82) is 0 Å². The molecule has 2 aromatic rings. The SMILES string of the molecule is C[C@H](OC[C@@H](O)CN1CCN(c2cccc(C(F)(F)F)c2)CC1)c1ccc(Cl)cc1. The third-order valence-corrected chi connectivity index (χ3v) is 5.51. The highest BCUT2D eigenvalue weighted by Gasteiger charge is 2.31. The maximum atomic E-state index is 12.9. The number of aliphatic hydroxyl groups excluding tert-OH is 1. The molecule has 1 fully saturated rings. The van der Waals surface area contributed by atoms with Crippen molar-refractivity contribution in [2.45, 2.75) is 25.3 Å². The lowest BCUT2D eigenvalue weighted by atomic mass is 10.1. The molecule has 0 bridgehead atoms. The highest BCUT2D eigenvalue weighted by Crippen LogP contribution is 2.31. The number of aliphatic hydroxyl groups is 1. The van der Waals surface area contributed by atoms with Crippen LogP contribution < -0.4 is 4.90 Å². The molecule has 0 saturated carbocycles. The van der Waals surface area contributed by atoms with Crippen molar-refractivity contribution in [2.75, 3.05) is 44.2 Å². The van der Waals surface area contributed by atoms with Crippen LogP contribution in [0.25, 0.3) is 0 Å². The average Bonchev–Trinajstić information content (AvgIpc) is 2.72. The van der Waals surface area contributed by atoms with E-state index >= 15 is 0 Å². The van der Waals surface area contributed by atoms with Gasteiger partial charge in [0.25, 0.3) is 0 Å². The molecule has 3 rings (SSSR count). The van der Waals surface area contributed by atoms with Gasteiger partial charge in [-0.1, -0.05) is 29.8 Å².